The number of anilines is 1. The highest BCUT2D eigenvalue weighted by atomic mass is 19.4. The predicted octanol–water partition coefficient (Wildman–Crippen LogP) is 2.18. The van der Waals surface area contributed by atoms with Crippen molar-refractivity contribution in [2.75, 3.05) is 11.9 Å². The Bertz CT molecular complexity index is 645. The van der Waals surface area contributed by atoms with Crippen molar-refractivity contribution in [3.63, 3.8) is 0 Å². The van der Waals surface area contributed by atoms with Crippen LogP contribution in [-0.2, 0) is 6.54 Å². The van der Waals surface area contributed by atoms with Gasteiger partial charge in [-0.1, -0.05) is 6.92 Å². The van der Waals surface area contributed by atoms with Gasteiger partial charge < -0.3 is 19.9 Å². The molecule has 9 heteroatoms. The Hall–Kier alpha value is -2.03. The maximum absolute atomic E-state index is 12.7. The van der Waals surface area contributed by atoms with Gasteiger partial charge in [0.2, 0.25) is 0 Å². The molecule has 0 unspecified atom stereocenters. The molecule has 2 atom stereocenters. The monoisotopic (exact) mass is 347 g/mol. The lowest BCUT2D eigenvalue weighted by Gasteiger charge is -2.29. The third-order valence-corrected chi connectivity index (χ3v) is 3.96. The van der Waals surface area contributed by atoms with Gasteiger partial charge in [-0.2, -0.15) is 13.2 Å². The molecule has 0 aromatic carbocycles. The van der Waals surface area contributed by atoms with Crippen LogP contribution >= 0.6 is 0 Å². The highest BCUT2D eigenvalue weighted by Crippen LogP contribution is 2.30. The number of carbonyl (C=O) groups excluding carboxylic acids is 1. The van der Waals surface area contributed by atoms with Crippen LogP contribution < -0.4 is 10.9 Å². The van der Waals surface area contributed by atoms with E-state index in [0.29, 0.717) is 18.7 Å². The van der Waals surface area contributed by atoms with Crippen LogP contribution in [0, 0.1) is 0 Å². The number of hydrogen-bond donors (Lipinski definition) is 2. The van der Waals surface area contributed by atoms with E-state index in [4.69, 9.17) is 0 Å². The van der Waals surface area contributed by atoms with Gasteiger partial charge in [0, 0.05) is 25.4 Å². The van der Waals surface area contributed by atoms with Gasteiger partial charge in [-0.25, -0.2) is 4.79 Å². The zero-order valence-corrected chi connectivity index (χ0v) is 13.2. The molecule has 1 fully saturated rings. The van der Waals surface area contributed by atoms with E-state index in [1.54, 1.807) is 0 Å². The summed E-state index contributed by atoms with van der Waals surface area (Å²) >= 11 is 0. The molecule has 0 aliphatic carbocycles. The van der Waals surface area contributed by atoms with E-state index in [2.05, 4.69) is 5.32 Å². The van der Waals surface area contributed by atoms with Gasteiger partial charge >= 0.3 is 12.2 Å². The largest absolute Gasteiger partial charge is 0.416 e. The molecule has 1 aromatic rings. The van der Waals surface area contributed by atoms with Crippen LogP contribution in [0.4, 0.5) is 23.7 Å². The van der Waals surface area contributed by atoms with Crippen LogP contribution in [0.2, 0.25) is 0 Å². The first-order valence-electron chi connectivity index (χ1n) is 7.77. The van der Waals surface area contributed by atoms with Gasteiger partial charge in [-0.05, 0) is 25.3 Å². The molecule has 2 N–H and O–H groups in total. The summed E-state index contributed by atoms with van der Waals surface area (Å²) in [4.78, 5) is 24.9. The number of nitrogens with zero attached hydrogens (tertiary/aromatic N) is 2. The molecule has 1 saturated heterocycles. The molecular formula is C15H20F3N3O3. The van der Waals surface area contributed by atoms with E-state index < -0.39 is 24.4 Å². The summed E-state index contributed by atoms with van der Waals surface area (Å²) in [5, 5.41) is 11.9. The van der Waals surface area contributed by atoms with Crippen molar-refractivity contribution in [3.8, 4) is 0 Å². The highest BCUT2D eigenvalue weighted by Gasteiger charge is 2.48. The second kappa shape index (κ2) is 7.25. The highest BCUT2D eigenvalue weighted by molar-refractivity contribution is 5.89. The SMILES string of the molecule is CCCn1cc(NC(=O)N2CCC[C@H]2[C@H](O)C(F)(F)F)ccc1=O. The molecule has 1 aliphatic heterocycles. The van der Waals surface area contributed by atoms with Crippen LogP contribution in [0.25, 0.3) is 0 Å². The number of hydrogen-bond acceptors (Lipinski definition) is 3. The molecule has 0 bridgehead atoms. The minimum absolute atomic E-state index is 0.0867. The van der Waals surface area contributed by atoms with Gasteiger partial charge in [0.25, 0.3) is 5.56 Å². The Morgan fingerprint density at radius 3 is 2.79 bits per heavy atom. The average molecular weight is 347 g/mol. The zero-order chi connectivity index (χ0) is 17.9. The number of aryl methyl sites for hydroxylation is 1. The molecule has 24 heavy (non-hydrogen) atoms. The number of urea groups is 1. The minimum atomic E-state index is -4.78. The van der Waals surface area contributed by atoms with E-state index in [1.165, 1.54) is 22.9 Å². The van der Waals surface area contributed by atoms with Crippen LogP contribution in [-0.4, -0.2) is 45.5 Å². The molecule has 0 radical (unpaired) electrons. The topological polar surface area (TPSA) is 74.6 Å². The summed E-state index contributed by atoms with van der Waals surface area (Å²) in [6.45, 7) is 2.50. The first-order valence-corrected chi connectivity index (χ1v) is 7.77. The summed E-state index contributed by atoms with van der Waals surface area (Å²) in [6.07, 6.45) is -4.69. The average Bonchev–Trinajstić information content (AvgIpc) is 2.98. The molecule has 1 aliphatic rings. The number of aliphatic hydroxyl groups is 1. The molecule has 134 valence electrons. The minimum Gasteiger partial charge on any atom is -0.382 e. The molecule has 2 amide bonds. The fourth-order valence-electron chi connectivity index (χ4n) is 2.81. The number of halogens is 3. The summed E-state index contributed by atoms with van der Waals surface area (Å²) in [7, 11) is 0. The Labute approximate surface area is 136 Å². The van der Waals surface area contributed by atoms with E-state index in [1.807, 2.05) is 6.92 Å². The molecular weight excluding hydrogens is 327 g/mol. The fourth-order valence-corrected chi connectivity index (χ4v) is 2.81. The molecule has 2 rings (SSSR count). The summed E-state index contributed by atoms with van der Waals surface area (Å²) in [5.41, 5.74) is 0.0987. The Kier molecular flexibility index (Phi) is 5.53. The third-order valence-electron chi connectivity index (χ3n) is 3.96. The summed E-state index contributed by atoms with van der Waals surface area (Å²) < 4.78 is 39.5. The number of carbonyl (C=O) groups is 1. The van der Waals surface area contributed by atoms with Gasteiger partial charge in [-0.3, -0.25) is 4.79 Å². The number of pyridine rings is 1. The molecule has 2 heterocycles. The van der Waals surface area contributed by atoms with E-state index in [9.17, 15) is 27.9 Å². The standard InChI is InChI=1S/C15H20F3N3O3/c1-2-7-20-9-10(5-6-12(20)22)19-14(24)21-8-3-4-11(21)13(23)15(16,17)18/h5-6,9,11,13,23H,2-4,7-8H2,1H3,(H,19,24)/t11-,13-/m0/s1. The Morgan fingerprint density at radius 1 is 1.46 bits per heavy atom. The third kappa shape index (κ3) is 4.08. The summed E-state index contributed by atoms with van der Waals surface area (Å²) in [5.74, 6) is 0. The van der Waals surface area contributed by atoms with Gasteiger partial charge in [0.15, 0.2) is 6.10 Å². The maximum atomic E-state index is 12.7. The first kappa shape index (κ1) is 18.3. The smallest absolute Gasteiger partial charge is 0.382 e. The van der Waals surface area contributed by atoms with Gasteiger partial charge in [-0.15, -0.1) is 0 Å². The van der Waals surface area contributed by atoms with Crippen LogP contribution in [0.5, 0.6) is 0 Å². The fraction of sp³-hybridized carbons (Fsp3) is 0.600. The van der Waals surface area contributed by atoms with Crippen LogP contribution in [0.1, 0.15) is 26.2 Å². The summed E-state index contributed by atoms with van der Waals surface area (Å²) in [6, 6.07) is 0.670. The van der Waals surface area contributed by atoms with E-state index in [0.717, 1.165) is 11.3 Å². The lowest BCUT2D eigenvalue weighted by molar-refractivity contribution is -0.216. The lowest BCUT2D eigenvalue weighted by atomic mass is 10.1. The number of aliphatic hydroxyl groups excluding tert-OH is 1. The number of rotatable bonds is 4. The van der Waals surface area contributed by atoms with Crippen LogP contribution in [0.3, 0.4) is 0 Å². The maximum Gasteiger partial charge on any atom is 0.416 e. The molecule has 0 saturated carbocycles. The number of amides is 2. The molecule has 6 nitrogen and oxygen atoms in total. The molecule has 0 spiro atoms. The van der Waals surface area contributed by atoms with Gasteiger partial charge in [0.05, 0.1) is 11.7 Å². The Balaban J connectivity index is 2.11. The second-order valence-electron chi connectivity index (χ2n) is 5.77. The quantitative estimate of drug-likeness (QED) is 0.877. The predicted molar refractivity (Wildman–Crippen MR) is 81.8 cm³/mol. The van der Waals surface area contributed by atoms with Crippen molar-refractivity contribution in [1.82, 2.24) is 9.47 Å². The lowest BCUT2D eigenvalue weighted by Crippen LogP contribution is -2.50. The normalized spacial score (nSPS) is 19.4. The number of nitrogens with one attached hydrogen (secondary N) is 1. The van der Waals surface area contributed by atoms with Crippen molar-refractivity contribution < 1.29 is 23.1 Å². The molecule has 1 aromatic heterocycles. The number of likely N-dealkylation sites (tertiary alicyclic amines) is 1. The van der Waals surface area contributed by atoms with Crippen molar-refractivity contribution in [2.24, 2.45) is 0 Å². The first-order chi connectivity index (χ1) is 11.2. The van der Waals surface area contributed by atoms with E-state index >= 15 is 0 Å². The Morgan fingerprint density at radius 2 is 2.17 bits per heavy atom. The second-order valence-corrected chi connectivity index (χ2v) is 5.77. The number of aromatic nitrogens is 1. The van der Waals surface area contributed by atoms with Crippen molar-refractivity contribution in [1.29, 1.82) is 0 Å². The van der Waals surface area contributed by atoms with Crippen molar-refractivity contribution >= 4 is 11.7 Å². The van der Waals surface area contributed by atoms with Gasteiger partial charge in [0.1, 0.15) is 0 Å². The van der Waals surface area contributed by atoms with Crippen molar-refractivity contribution in [2.45, 2.75) is 51.1 Å². The van der Waals surface area contributed by atoms with Crippen molar-refractivity contribution in [3.05, 3.63) is 28.7 Å². The van der Waals surface area contributed by atoms with E-state index in [-0.39, 0.29) is 18.5 Å². The van der Waals surface area contributed by atoms with Crippen LogP contribution in [0.15, 0.2) is 23.1 Å². The number of alkyl halides is 3. The zero-order valence-electron chi connectivity index (χ0n) is 13.2.